The van der Waals surface area contributed by atoms with E-state index < -0.39 is 21.7 Å². The highest BCUT2D eigenvalue weighted by molar-refractivity contribution is 7.92. The van der Waals surface area contributed by atoms with Crippen LogP contribution in [0.1, 0.15) is 16.2 Å². The Labute approximate surface area is 188 Å². The summed E-state index contributed by atoms with van der Waals surface area (Å²) in [5.41, 5.74) is 0.916. The van der Waals surface area contributed by atoms with Gasteiger partial charge < -0.3 is 14.2 Å². The van der Waals surface area contributed by atoms with E-state index >= 15 is 0 Å². The third-order valence-corrected chi connectivity index (χ3v) is 6.63. The largest absolute Gasteiger partial charge is 0.378 e. The molecular formula is C20H18ClFN4O5S. The van der Waals surface area contributed by atoms with E-state index in [1.165, 1.54) is 18.2 Å². The number of carbonyl (C=O) groups excluding carboxylic acids is 1. The van der Waals surface area contributed by atoms with Crippen molar-refractivity contribution < 1.29 is 26.9 Å². The highest BCUT2D eigenvalue weighted by Crippen LogP contribution is 2.27. The minimum Gasteiger partial charge on any atom is -0.378 e. The van der Waals surface area contributed by atoms with Crippen LogP contribution < -0.4 is 4.72 Å². The van der Waals surface area contributed by atoms with Crippen LogP contribution in [0.25, 0.3) is 11.4 Å². The first kappa shape index (κ1) is 22.2. The number of carbonyl (C=O) groups is 1. The number of ether oxygens (including phenoxy) is 1. The van der Waals surface area contributed by atoms with Crippen molar-refractivity contribution in [1.82, 2.24) is 15.0 Å². The number of nitrogens with one attached hydrogen (secondary N) is 1. The first-order chi connectivity index (χ1) is 15.2. The van der Waals surface area contributed by atoms with Crippen molar-refractivity contribution >= 4 is 33.2 Å². The van der Waals surface area contributed by atoms with E-state index in [0.29, 0.717) is 37.4 Å². The predicted molar refractivity (Wildman–Crippen MR) is 113 cm³/mol. The van der Waals surface area contributed by atoms with Crippen molar-refractivity contribution in [3.63, 3.8) is 0 Å². The van der Waals surface area contributed by atoms with Crippen LogP contribution >= 0.6 is 11.6 Å². The second-order valence-electron chi connectivity index (χ2n) is 7.04. The lowest BCUT2D eigenvalue weighted by Gasteiger charge is -2.25. The molecule has 2 aromatic carbocycles. The van der Waals surface area contributed by atoms with E-state index in [9.17, 15) is 17.6 Å². The van der Waals surface area contributed by atoms with Crippen LogP contribution in [0.3, 0.4) is 0 Å². The van der Waals surface area contributed by atoms with E-state index in [2.05, 4.69) is 14.9 Å². The zero-order chi connectivity index (χ0) is 22.9. The van der Waals surface area contributed by atoms with Crippen LogP contribution in [0.5, 0.6) is 0 Å². The van der Waals surface area contributed by atoms with Gasteiger partial charge in [-0.05, 0) is 36.8 Å². The van der Waals surface area contributed by atoms with Gasteiger partial charge >= 0.3 is 11.8 Å². The van der Waals surface area contributed by atoms with Gasteiger partial charge in [0.15, 0.2) is 0 Å². The average molecular weight is 481 g/mol. The summed E-state index contributed by atoms with van der Waals surface area (Å²) in [6.45, 7) is 3.32. The minimum absolute atomic E-state index is 0.0405. The Bertz CT molecular complexity index is 1270. The van der Waals surface area contributed by atoms with Crippen LogP contribution in [0.4, 0.5) is 10.1 Å². The number of benzene rings is 2. The Kier molecular flexibility index (Phi) is 6.13. The molecule has 2 heterocycles. The molecule has 1 amide bonds. The monoisotopic (exact) mass is 480 g/mol. The fraction of sp³-hybridized carbons (Fsp3) is 0.250. The molecule has 12 heteroatoms. The highest BCUT2D eigenvalue weighted by Gasteiger charge is 2.25. The lowest BCUT2D eigenvalue weighted by molar-refractivity contribution is 0.0272. The maximum absolute atomic E-state index is 13.4. The summed E-state index contributed by atoms with van der Waals surface area (Å²) in [5, 5.41) is 3.61. The van der Waals surface area contributed by atoms with Gasteiger partial charge in [0.1, 0.15) is 5.82 Å². The number of hydrogen-bond donors (Lipinski definition) is 1. The highest BCUT2D eigenvalue weighted by atomic mass is 35.5. The summed E-state index contributed by atoms with van der Waals surface area (Å²) in [5.74, 6) is -1.19. The van der Waals surface area contributed by atoms with Crippen LogP contribution in [0.15, 0.2) is 45.8 Å². The van der Waals surface area contributed by atoms with Gasteiger partial charge in [0, 0.05) is 18.7 Å². The van der Waals surface area contributed by atoms with Gasteiger partial charge in [0.25, 0.3) is 10.0 Å². The number of hydrogen-bond acceptors (Lipinski definition) is 7. The molecule has 0 spiro atoms. The Morgan fingerprint density at radius 1 is 1.19 bits per heavy atom. The predicted octanol–water partition coefficient (Wildman–Crippen LogP) is 3.11. The van der Waals surface area contributed by atoms with Gasteiger partial charge in [0.05, 0.1) is 28.8 Å². The maximum atomic E-state index is 13.4. The summed E-state index contributed by atoms with van der Waals surface area (Å²) in [7, 11) is -4.04. The molecule has 0 bridgehead atoms. The standard InChI is InChI=1S/C20H18ClFN4O5S/c1-12-2-3-13(18-23-19(31-24-18)20(27)26-6-8-30-9-7-26)10-17(12)32(28,29)25-14-4-5-16(22)15(21)11-14/h2-5,10-11,25H,6-9H2,1H3. The molecule has 1 fully saturated rings. The molecule has 32 heavy (non-hydrogen) atoms. The van der Waals surface area contributed by atoms with Gasteiger partial charge in [-0.25, -0.2) is 12.8 Å². The molecule has 168 valence electrons. The zero-order valence-electron chi connectivity index (χ0n) is 16.8. The van der Waals surface area contributed by atoms with Crippen LogP contribution in [0, 0.1) is 12.7 Å². The van der Waals surface area contributed by atoms with Crippen molar-refractivity contribution in [2.75, 3.05) is 31.0 Å². The molecule has 4 rings (SSSR count). The lowest BCUT2D eigenvalue weighted by Crippen LogP contribution is -2.40. The topological polar surface area (TPSA) is 115 Å². The number of amides is 1. The first-order valence-electron chi connectivity index (χ1n) is 9.54. The number of aromatic nitrogens is 2. The maximum Gasteiger partial charge on any atom is 0.316 e. The summed E-state index contributed by atoms with van der Waals surface area (Å²) in [6.07, 6.45) is 0. The number of morpholine rings is 1. The van der Waals surface area contributed by atoms with Gasteiger partial charge in [-0.2, -0.15) is 4.98 Å². The van der Waals surface area contributed by atoms with Crippen LogP contribution in [-0.2, 0) is 14.8 Å². The third-order valence-electron chi connectivity index (χ3n) is 4.81. The second-order valence-corrected chi connectivity index (χ2v) is 9.10. The fourth-order valence-corrected chi connectivity index (χ4v) is 4.63. The molecule has 3 aromatic rings. The number of nitrogens with zero attached hydrogens (tertiary/aromatic N) is 3. The molecule has 9 nitrogen and oxygen atoms in total. The number of rotatable bonds is 5. The normalized spacial score (nSPS) is 14.4. The Balaban J connectivity index is 1.60. The third kappa shape index (κ3) is 4.59. The smallest absolute Gasteiger partial charge is 0.316 e. The summed E-state index contributed by atoms with van der Waals surface area (Å²) in [6, 6.07) is 8.09. The SMILES string of the molecule is Cc1ccc(-c2noc(C(=O)N3CCOCC3)n2)cc1S(=O)(=O)Nc1ccc(F)c(Cl)c1. The molecule has 0 radical (unpaired) electrons. The Morgan fingerprint density at radius 2 is 1.94 bits per heavy atom. The number of halogens is 2. The van der Waals surface area contributed by atoms with E-state index in [1.54, 1.807) is 24.0 Å². The van der Waals surface area contributed by atoms with Crippen LogP contribution in [-0.4, -0.2) is 55.7 Å². The molecule has 1 saturated heterocycles. The van der Waals surface area contributed by atoms with E-state index in [0.717, 1.165) is 6.07 Å². The molecule has 0 atom stereocenters. The summed E-state index contributed by atoms with van der Waals surface area (Å²) < 4.78 is 51.9. The van der Waals surface area contributed by atoms with Crippen molar-refractivity contribution in [3.05, 3.63) is 58.7 Å². The molecule has 0 aliphatic carbocycles. The van der Waals surface area contributed by atoms with E-state index in [-0.39, 0.29) is 27.3 Å². The molecule has 0 saturated carbocycles. The van der Waals surface area contributed by atoms with Crippen molar-refractivity contribution in [3.8, 4) is 11.4 Å². The van der Waals surface area contributed by atoms with Gasteiger partial charge in [-0.3, -0.25) is 9.52 Å². The number of anilines is 1. The van der Waals surface area contributed by atoms with Crippen LogP contribution in [0.2, 0.25) is 5.02 Å². The van der Waals surface area contributed by atoms with E-state index in [1.807, 2.05) is 0 Å². The lowest BCUT2D eigenvalue weighted by atomic mass is 10.1. The molecule has 0 unspecified atom stereocenters. The number of aryl methyl sites for hydroxylation is 1. The zero-order valence-corrected chi connectivity index (χ0v) is 18.4. The fourth-order valence-electron chi connectivity index (χ4n) is 3.13. The first-order valence-corrected chi connectivity index (χ1v) is 11.4. The number of sulfonamides is 1. The quantitative estimate of drug-likeness (QED) is 0.596. The summed E-state index contributed by atoms with van der Waals surface area (Å²) >= 11 is 5.73. The average Bonchev–Trinajstić information content (AvgIpc) is 3.26. The van der Waals surface area contributed by atoms with Gasteiger partial charge in [-0.1, -0.05) is 28.9 Å². The van der Waals surface area contributed by atoms with Crippen molar-refractivity contribution in [1.29, 1.82) is 0 Å². The van der Waals surface area contributed by atoms with Gasteiger partial charge in [0.2, 0.25) is 5.82 Å². The molecular weight excluding hydrogens is 463 g/mol. The van der Waals surface area contributed by atoms with Gasteiger partial charge in [-0.15, -0.1) is 0 Å². The van der Waals surface area contributed by atoms with Crippen molar-refractivity contribution in [2.45, 2.75) is 11.8 Å². The molecule has 1 aliphatic rings. The molecule has 1 N–H and O–H groups in total. The Morgan fingerprint density at radius 3 is 2.66 bits per heavy atom. The summed E-state index contributed by atoms with van der Waals surface area (Å²) in [4.78, 5) is 18.1. The Hall–Kier alpha value is -3.02. The molecule has 1 aliphatic heterocycles. The second kappa shape index (κ2) is 8.85. The van der Waals surface area contributed by atoms with Crippen molar-refractivity contribution in [2.24, 2.45) is 0 Å². The minimum atomic E-state index is -4.04. The molecule has 1 aromatic heterocycles. The van der Waals surface area contributed by atoms with E-state index in [4.69, 9.17) is 20.9 Å².